The lowest BCUT2D eigenvalue weighted by molar-refractivity contribution is 0.192. The molecule has 0 spiro atoms. The summed E-state index contributed by atoms with van der Waals surface area (Å²) in [5.41, 5.74) is 0. The van der Waals surface area contributed by atoms with Crippen LogP contribution in [0.25, 0.3) is 0 Å². The van der Waals surface area contributed by atoms with Crippen molar-refractivity contribution in [2.24, 2.45) is 11.8 Å². The summed E-state index contributed by atoms with van der Waals surface area (Å²) in [6.45, 7) is 2.50. The van der Waals surface area contributed by atoms with Gasteiger partial charge in [-0.1, -0.05) is 32.0 Å². The lowest BCUT2D eigenvalue weighted by atomic mass is 9.85. The third kappa shape index (κ3) is 1.54. The van der Waals surface area contributed by atoms with E-state index in [9.17, 15) is 0 Å². The molecule has 1 rings (SSSR count). The standard InChI is InChI=1S/C8H15BO/c1-2-6-3-8(9)4-7(6)5-10/h6-8,10H,2-5H2,1H3. The van der Waals surface area contributed by atoms with Crippen molar-refractivity contribution in [3.8, 4) is 0 Å². The molecule has 1 aliphatic rings. The van der Waals surface area contributed by atoms with Gasteiger partial charge in [-0.15, -0.1) is 0 Å². The van der Waals surface area contributed by atoms with Crippen molar-refractivity contribution in [2.45, 2.75) is 32.0 Å². The summed E-state index contributed by atoms with van der Waals surface area (Å²) in [4.78, 5) is 0. The van der Waals surface area contributed by atoms with Crippen molar-refractivity contribution in [3.63, 3.8) is 0 Å². The Kier molecular flexibility index (Phi) is 2.78. The molecular weight excluding hydrogens is 123 g/mol. The number of hydrogen-bond donors (Lipinski definition) is 1. The van der Waals surface area contributed by atoms with Gasteiger partial charge in [-0.2, -0.15) is 0 Å². The smallest absolute Gasteiger partial charge is 0.0699 e. The van der Waals surface area contributed by atoms with Gasteiger partial charge in [0.15, 0.2) is 0 Å². The van der Waals surface area contributed by atoms with E-state index in [0.29, 0.717) is 24.3 Å². The second-order valence-corrected chi connectivity index (χ2v) is 3.34. The van der Waals surface area contributed by atoms with Crippen LogP contribution in [0, 0.1) is 11.8 Å². The fraction of sp³-hybridized carbons (Fsp3) is 1.00. The SMILES string of the molecule is [B]C1CC(CC)C(CO)C1. The molecule has 2 radical (unpaired) electrons. The first-order chi connectivity index (χ1) is 4.77. The Bertz CT molecular complexity index is 93.4. The maximum atomic E-state index is 8.93. The van der Waals surface area contributed by atoms with E-state index in [1.165, 1.54) is 6.42 Å². The number of aliphatic hydroxyl groups excluding tert-OH is 1. The monoisotopic (exact) mass is 138 g/mol. The summed E-state index contributed by atoms with van der Waals surface area (Å²) in [5, 5.41) is 8.93. The van der Waals surface area contributed by atoms with Crippen LogP contribution in [0.3, 0.4) is 0 Å². The average Bonchev–Trinajstić information content (AvgIpc) is 2.30. The Labute approximate surface area is 64.2 Å². The van der Waals surface area contributed by atoms with Crippen LogP contribution >= 0.6 is 0 Å². The first kappa shape index (κ1) is 8.12. The molecule has 56 valence electrons. The van der Waals surface area contributed by atoms with E-state index in [1.54, 1.807) is 0 Å². The number of rotatable bonds is 2. The minimum Gasteiger partial charge on any atom is -0.396 e. The molecule has 2 heteroatoms. The Morgan fingerprint density at radius 3 is 2.40 bits per heavy atom. The van der Waals surface area contributed by atoms with Gasteiger partial charge >= 0.3 is 0 Å². The van der Waals surface area contributed by atoms with Gasteiger partial charge in [0.2, 0.25) is 0 Å². The summed E-state index contributed by atoms with van der Waals surface area (Å²) in [5.74, 6) is 1.52. The third-order valence-corrected chi connectivity index (χ3v) is 2.64. The third-order valence-electron chi connectivity index (χ3n) is 2.64. The van der Waals surface area contributed by atoms with Gasteiger partial charge in [0.25, 0.3) is 0 Å². The number of hydrogen-bond acceptors (Lipinski definition) is 1. The second kappa shape index (κ2) is 3.43. The van der Waals surface area contributed by atoms with E-state index >= 15 is 0 Å². The first-order valence-electron chi connectivity index (χ1n) is 4.14. The van der Waals surface area contributed by atoms with Gasteiger partial charge in [0.05, 0.1) is 7.85 Å². The van der Waals surface area contributed by atoms with Crippen LogP contribution in [-0.4, -0.2) is 19.6 Å². The van der Waals surface area contributed by atoms with Gasteiger partial charge in [-0.25, -0.2) is 0 Å². The molecule has 0 bridgehead atoms. The highest BCUT2D eigenvalue weighted by Gasteiger charge is 2.29. The second-order valence-electron chi connectivity index (χ2n) is 3.34. The van der Waals surface area contributed by atoms with E-state index in [4.69, 9.17) is 13.0 Å². The molecule has 1 nitrogen and oxygen atoms in total. The van der Waals surface area contributed by atoms with Crippen molar-refractivity contribution < 1.29 is 5.11 Å². The molecule has 0 aromatic heterocycles. The van der Waals surface area contributed by atoms with Crippen LogP contribution in [0.2, 0.25) is 5.82 Å². The lowest BCUT2D eigenvalue weighted by Gasteiger charge is -2.13. The van der Waals surface area contributed by atoms with Gasteiger partial charge < -0.3 is 5.11 Å². The van der Waals surface area contributed by atoms with Crippen molar-refractivity contribution in [2.75, 3.05) is 6.61 Å². The molecule has 1 N–H and O–H groups in total. The van der Waals surface area contributed by atoms with E-state index in [0.717, 1.165) is 12.8 Å². The fourth-order valence-corrected chi connectivity index (χ4v) is 1.98. The molecule has 0 heterocycles. The topological polar surface area (TPSA) is 20.2 Å². The molecule has 10 heavy (non-hydrogen) atoms. The Morgan fingerprint density at radius 2 is 2.00 bits per heavy atom. The zero-order chi connectivity index (χ0) is 7.56. The van der Waals surface area contributed by atoms with E-state index in [2.05, 4.69) is 6.92 Å². The molecule has 3 unspecified atom stereocenters. The number of aliphatic hydroxyl groups is 1. The van der Waals surface area contributed by atoms with E-state index < -0.39 is 0 Å². The van der Waals surface area contributed by atoms with Crippen molar-refractivity contribution >= 4 is 7.85 Å². The van der Waals surface area contributed by atoms with Crippen LogP contribution in [0.1, 0.15) is 26.2 Å². The highest BCUT2D eigenvalue weighted by Crippen LogP contribution is 2.39. The quantitative estimate of drug-likeness (QED) is 0.571. The minimum atomic E-state index is 0.326. The molecule has 1 aliphatic carbocycles. The zero-order valence-electron chi connectivity index (χ0n) is 6.59. The van der Waals surface area contributed by atoms with Crippen LogP contribution < -0.4 is 0 Å². The Balaban J connectivity index is 2.41. The summed E-state index contributed by atoms with van der Waals surface area (Å²) in [7, 11) is 5.76. The molecule has 1 saturated carbocycles. The maximum Gasteiger partial charge on any atom is 0.0699 e. The lowest BCUT2D eigenvalue weighted by Crippen LogP contribution is -2.10. The Hall–Kier alpha value is 0.0249. The van der Waals surface area contributed by atoms with Gasteiger partial charge in [-0.3, -0.25) is 0 Å². The van der Waals surface area contributed by atoms with Crippen LogP contribution in [0.15, 0.2) is 0 Å². The zero-order valence-corrected chi connectivity index (χ0v) is 6.59. The molecule has 0 aromatic rings. The van der Waals surface area contributed by atoms with Crippen LogP contribution in [0.5, 0.6) is 0 Å². The van der Waals surface area contributed by atoms with Crippen LogP contribution in [-0.2, 0) is 0 Å². The summed E-state index contributed by atoms with van der Waals surface area (Å²) in [6, 6.07) is 0. The Morgan fingerprint density at radius 1 is 1.40 bits per heavy atom. The van der Waals surface area contributed by atoms with E-state index in [-0.39, 0.29) is 0 Å². The molecule has 0 aliphatic heterocycles. The maximum absolute atomic E-state index is 8.93. The molecule has 0 saturated heterocycles. The van der Waals surface area contributed by atoms with Crippen molar-refractivity contribution in [3.05, 3.63) is 0 Å². The van der Waals surface area contributed by atoms with Crippen LogP contribution in [0.4, 0.5) is 0 Å². The fourth-order valence-electron chi connectivity index (χ4n) is 1.98. The molecular formula is C8H15BO. The predicted octanol–water partition coefficient (Wildman–Crippen LogP) is 1.37. The van der Waals surface area contributed by atoms with Gasteiger partial charge in [-0.05, 0) is 11.8 Å². The highest BCUT2D eigenvalue weighted by molar-refractivity contribution is 6.11. The predicted molar refractivity (Wildman–Crippen MR) is 43.1 cm³/mol. The van der Waals surface area contributed by atoms with Gasteiger partial charge in [0.1, 0.15) is 0 Å². The molecule has 0 amide bonds. The van der Waals surface area contributed by atoms with Gasteiger partial charge in [0, 0.05) is 6.61 Å². The molecule has 1 fully saturated rings. The summed E-state index contributed by atoms with van der Waals surface area (Å²) < 4.78 is 0. The summed E-state index contributed by atoms with van der Waals surface area (Å²) >= 11 is 0. The largest absolute Gasteiger partial charge is 0.396 e. The van der Waals surface area contributed by atoms with E-state index in [1.807, 2.05) is 0 Å². The average molecular weight is 138 g/mol. The highest BCUT2D eigenvalue weighted by atomic mass is 16.3. The van der Waals surface area contributed by atoms with Crippen molar-refractivity contribution in [1.82, 2.24) is 0 Å². The van der Waals surface area contributed by atoms with Crippen molar-refractivity contribution in [1.29, 1.82) is 0 Å². The molecule has 0 aromatic carbocycles. The molecule has 3 atom stereocenters. The minimum absolute atomic E-state index is 0.326. The first-order valence-corrected chi connectivity index (χ1v) is 4.14. The normalized spacial score (nSPS) is 40.4. The summed E-state index contributed by atoms with van der Waals surface area (Å²) in [6.07, 6.45) is 3.30.